The van der Waals surface area contributed by atoms with Crippen molar-refractivity contribution in [3.63, 3.8) is 0 Å². The molecule has 15 heavy (non-hydrogen) atoms. The molecule has 4 nitrogen and oxygen atoms in total. The van der Waals surface area contributed by atoms with Crippen LogP contribution in [-0.2, 0) is 6.42 Å². The zero-order chi connectivity index (χ0) is 11.4. The van der Waals surface area contributed by atoms with E-state index in [1.807, 2.05) is 13.8 Å². The number of benzene rings is 1. The summed E-state index contributed by atoms with van der Waals surface area (Å²) >= 11 is 0. The molecule has 1 atom stereocenters. The Bertz CT molecular complexity index is 362. The Morgan fingerprint density at radius 1 is 1.53 bits per heavy atom. The minimum absolute atomic E-state index is 0.128. The van der Waals surface area contributed by atoms with Gasteiger partial charge in [-0.15, -0.1) is 0 Å². The summed E-state index contributed by atoms with van der Waals surface area (Å²) in [5, 5.41) is 10.6. The molecule has 0 aliphatic heterocycles. The van der Waals surface area contributed by atoms with Crippen LogP contribution < -0.4 is 5.73 Å². The van der Waals surface area contributed by atoms with E-state index in [0.29, 0.717) is 0 Å². The number of nitrogens with two attached hydrogens (primary N) is 1. The van der Waals surface area contributed by atoms with Gasteiger partial charge in [0, 0.05) is 18.2 Å². The van der Waals surface area contributed by atoms with Crippen molar-refractivity contribution in [2.75, 3.05) is 0 Å². The van der Waals surface area contributed by atoms with Crippen molar-refractivity contribution in [1.82, 2.24) is 0 Å². The van der Waals surface area contributed by atoms with E-state index in [9.17, 15) is 10.1 Å². The first-order valence-corrected chi connectivity index (χ1v) is 5.00. The Balaban J connectivity index is 2.85. The van der Waals surface area contributed by atoms with Crippen LogP contribution in [0.2, 0.25) is 0 Å². The smallest absolute Gasteiger partial charge is 0.269 e. The molecule has 0 fully saturated rings. The number of aryl methyl sites for hydroxylation is 2. The van der Waals surface area contributed by atoms with E-state index < -0.39 is 0 Å². The van der Waals surface area contributed by atoms with Crippen molar-refractivity contribution >= 4 is 5.69 Å². The highest BCUT2D eigenvalue weighted by molar-refractivity contribution is 5.39. The van der Waals surface area contributed by atoms with Crippen molar-refractivity contribution in [2.45, 2.75) is 32.7 Å². The van der Waals surface area contributed by atoms with Gasteiger partial charge in [-0.3, -0.25) is 10.1 Å². The first kappa shape index (κ1) is 11.7. The van der Waals surface area contributed by atoms with Crippen LogP contribution in [0.3, 0.4) is 0 Å². The minimum Gasteiger partial charge on any atom is -0.328 e. The van der Waals surface area contributed by atoms with Gasteiger partial charge in [-0.25, -0.2) is 0 Å². The third-order valence-corrected chi connectivity index (χ3v) is 2.41. The predicted octanol–water partition coefficient (Wildman–Crippen LogP) is 2.18. The second-order valence-corrected chi connectivity index (χ2v) is 3.88. The molecule has 1 aromatic rings. The van der Waals surface area contributed by atoms with E-state index in [2.05, 4.69) is 0 Å². The fourth-order valence-corrected chi connectivity index (χ4v) is 1.42. The Labute approximate surface area is 89.2 Å². The summed E-state index contributed by atoms with van der Waals surface area (Å²) in [6.07, 6.45) is 1.65. The fraction of sp³-hybridized carbons (Fsp3) is 0.455. The van der Waals surface area contributed by atoms with Crippen LogP contribution in [0.5, 0.6) is 0 Å². The zero-order valence-corrected chi connectivity index (χ0v) is 9.06. The average molecular weight is 208 g/mol. The molecule has 0 bridgehead atoms. The van der Waals surface area contributed by atoms with E-state index in [4.69, 9.17) is 5.73 Å². The standard InChI is InChI=1S/C11H16N2O2/c1-8-3-6-11(13(14)15)7-10(8)5-4-9(2)12/h3,6-7,9H,4-5,12H2,1-2H3/t9-/m0/s1. The van der Waals surface area contributed by atoms with Gasteiger partial charge in [0.2, 0.25) is 0 Å². The van der Waals surface area contributed by atoms with Gasteiger partial charge in [-0.2, -0.15) is 0 Å². The quantitative estimate of drug-likeness (QED) is 0.609. The highest BCUT2D eigenvalue weighted by Crippen LogP contribution is 2.18. The first-order valence-electron chi connectivity index (χ1n) is 5.00. The summed E-state index contributed by atoms with van der Waals surface area (Å²) < 4.78 is 0. The molecule has 0 heterocycles. The summed E-state index contributed by atoms with van der Waals surface area (Å²) in [4.78, 5) is 10.2. The van der Waals surface area contributed by atoms with Gasteiger partial charge in [0.15, 0.2) is 0 Å². The van der Waals surface area contributed by atoms with Crippen LogP contribution in [0.4, 0.5) is 5.69 Å². The molecule has 0 radical (unpaired) electrons. The first-order chi connectivity index (χ1) is 7.00. The monoisotopic (exact) mass is 208 g/mol. The maximum Gasteiger partial charge on any atom is 0.269 e. The Kier molecular flexibility index (Phi) is 3.80. The molecule has 1 rings (SSSR count). The molecule has 82 valence electrons. The van der Waals surface area contributed by atoms with Crippen molar-refractivity contribution in [3.05, 3.63) is 39.4 Å². The Hall–Kier alpha value is -1.42. The third-order valence-electron chi connectivity index (χ3n) is 2.41. The molecule has 0 aliphatic rings. The molecular formula is C11H16N2O2. The Morgan fingerprint density at radius 2 is 2.20 bits per heavy atom. The molecule has 0 aromatic heterocycles. The van der Waals surface area contributed by atoms with Crippen molar-refractivity contribution in [2.24, 2.45) is 5.73 Å². The van der Waals surface area contributed by atoms with Crippen LogP contribution in [0.15, 0.2) is 18.2 Å². The van der Waals surface area contributed by atoms with E-state index in [1.54, 1.807) is 12.1 Å². The number of nitro benzene ring substituents is 1. The average Bonchev–Trinajstić information content (AvgIpc) is 2.16. The Morgan fingerprint density at radius 3 is 2.73 bits per heavy atom. The SMILES string of the molecule is Cc1ccc([N+](=O)[O-])cc1CC[C@H](C)N. The van der Waals surface area contributed by atoms with E-state index >= 15 is 0 Å². The summed E-state index contributed by atoms with van der Waals surface area (Å²) in [7, 11) is 0. The zero-order valence-electron chi connectivity index (χ0n) is 9.06. The molecule has 0 saturated carbocycles. The second kappa shape index (κ2) is 4.89. The van der Waals surface area contributed by atoms with Gasteiger partial charge in [-0.1, -0.05) is 6.07 Å². The highest BCUT2D eigenvalue weighted by Gasteiger charge is 2.08. The van der Waals surface area contributed by atoms with Gasteiger partial charge < -0.3 is 5.73 Å². The van der Waals surface area contributed by atoms with Gasteiger partial charge in [-0.05, 0) is 37.8 Å². The normalized spacial score (nSPS) is 12.5. The third kappa shape index (κ3) is 3.32. The van der Waals surface area contributed by atoms with E-state index in [0.717, 1.165) is 24.0 Å². The number of nitrogens with zero attached hydrogens (tertiary/aromatic N) is 1. The van der Waals surface area contributed by atoms with Crippen LogP contribution in [0.25, 0.3) is 0 Å². The van der Waals surface area contributed by atoms with Gasteiger partial charge >= 0.3 is 0 Å². The van der Waals surface area contributed by atoms with Crippen LogP contribution in [0.1, 0.15) is 24.5 Å². The maximum absolute atomic E-state index is 10.6. The van der Waals surface area contributed by atoms with E-state index in [-0.39, 0.29) is 16.7 Å². The number of hydrogen-bond donors (Lipinski definition) is 1. The summed E-state index contributed by atoms with van der Waals surface area (Å²) in [6, 6.07) is 5.08. The molecule has 1 aromatic carbocycles. The lowest BCUT2D eigenvalue weighted by atomic mass is 10.0. The molecule has 0 aliphatic carbocycles. The van der Waals surface area contributed by atoms with Crippen LogP contribution >= 0.6 is 0 Å². The molecular weight excluding hydrogens is 192 g/mol. The van der Waals surface area contributed by atoms with Crippen molar-refractivity contribution < 1.29 is 4.92 Å². The van der Waals surface area contributed by atoms with Crippen LogP contribution in [0, 0.1) is 17.0 Å². The van der Waals surface area contributed by atoms with Crippen molar-refractivity contribution in [3.8, 4) is 0 Å². The second-order valence-electron chi connectivity index (χ2n) is 3.88. The predicted molar refractivity (Wildman–Crippen MR) is 59.8 cm³/mol. The lowest BCUT2D eigenvalue weighted by Gasteiger charge is -2.07. The molecule has 4 heteroatoms. The molecule has 0 saturated heterocycles. The summed E-state index contributed by atoms with van der Waals surface area (Å²) in [6.45, 7) is 3.90. The molecule has 2 N–H and O–H groups in total. The van der Waals surface area contributed by atoms with Gasteiger partial charge in [0.1, 0.15) is 0 Å². The highest BCUT2D eigenvalue weighted by atomic mass is 16.6. The van der Waals surface area contributed by atoms with Gasteiger partial charge in [0.25, 0.3) is 5.69 Å². The summed E-state index contributed by atoms with van der Waals surface area (Å²) in [5.74, 6) is 0. The lowest BCUT2D eigenvalue weighted by Crippen LogP contribution is -2.15. The van der Waals surface area contributed by atoms with Crippen LogP contribution in [-0.4, -0.2) is 11.0 Å². The maximum atomic E-state index is 10.6. The van der Waals surface area contributed by atoms with Crippen molar-refractivity contribution in [1.29, 1.82) is 0 Å². The number of nitro groups is 1. The minimum atomic E-state index is -0.366. The van der Waals surface area contributed by atoms with Gasteiger partial charge in [0.05, 0.1) is 4.92 Å². The summed E-state index contributed by atoms with van der Waals surface area (Å²) in [5.41, 5.74) is 7.91. The van der Waals surface area contributed by atoms with E-state index in [1.165, 1.54) is 6.07 Å². The molecule has 0 amide bonds. The lowest BCUT2D eigenvalue weighted by molar-refractivity contribution is -0.384. The number of non-ortho nitro benzene ring substituents is 1. The largest absolute Gasteiger partial charge is 0.328 e. The topological polar surface area (TPSA) is 69.2 Å². The number of rotatable bonds is 4. The molecule has 0 spiro atoms. The molecule has 0 unspecified atom stereocenters. The fourth-order valence-electron chi connectivity index (χ4n) is 1.42. The number of hydrogen-bond acceptors (Lipinski definition) is 3.